The van der Waals surface area contributed by atoms with Crippen molar-refractivity contribution in [2.45, 2.75) is 18.9 Å². The average molecular weight is 170 g/mol. The fourth-order valence-corrected chi connectivity index (χ4v) is 1.45. The van der Waals surface area contributed by atoms with Crippen LogP contribution in [0.3, 0.4) is 0 Å². The summed E-state index contributed by atoms with van der Waals surface area (Å²) in [6, 6.07) is 0. The maximum absolute atomic E-state index is 9.33. The van der Waals surface area contributed by atoms with Crippen molar-refractivity contribution < 1.29 is 5.11 Å². The fourth-order valence-electron chi connectivity index (χ4n) is 1.45. The fraction of sp³-hybridized carbons (Fsp3) is 1.00. The van der Waals surface area contributed by atoms with Crippen LogP contribution in [0.1, 0.15) is 12.8 Å². The molecule has 1 rings (SSSR count). The highest BCUT2D eigenvalue weighted by Gasteiger charge is 2.14. The molecule has 1 fully saturated rings. The van der Waals surface area contributed by atoms with Crippen molar-refractivity contribution in [2.24, 2.45) is 5.11 Å². The Labute approximate surface area is 71.6 Å². The molecule has 1 aliphatic rings. The largest absolute Gasteiger partial charge is 0.392 e. The highest BCUT2D eigenvalue weighted by molar-refractivity contribution is 4.71. The molecule has 0 aliphatic carbocycles. The van der Waals surface area contributed by atoms with E-state index in [1.807, 2.05) is 0 Å². The molecule has 1 saturated heterocycles. The Morgan fingerprint density at radius 1 is 1.50 bits per heavy atom. The van der Waals surface area contributed by atoms with Gasteiger partial charge in [0.25, 0.3) is 0 Å². The molecule has 0 aromatic rings. The summed E-state index contributed by atoms with van der Waals surface area (Å²) in [6.45, 7) is 2.95. The van der Waals surface area contributed by atoms with E-state index >= 15 is 0 Å². The second-order valence-electron chi connectivity index (χ2n) is 3.07. The number of aliphatic hydroxyl groups is 1. The van der Waals surface area contributed by atoms with Crippen LogP contribution in [0.5, 0.6) is 0 Å². The Hall–Kier alpha value is -0.770. The first-order chi connectivity index (χ1) is 5.83. The van der Waals surface area contributed by atoms with E-state index in [0.717, 1.165) is 13.1 Å². The van der Waals surface area contributed by atoms with E-state index in [0.29, 0.717) is 6.54 Å². The minimum Gasteiger partial charge on any atom is -0.392 e. The van der Waals surface area contributed by atoms with Gasteiger partial charge in [-0.25, -0.2) is 0 Å². The number of nitrogens with zero attached hydrogens (tertiary/aromatic N) is 4. The maximum Gasteiger partial charge on any atom is 0.0723 e. The third-order valence-corrected chi connectivity index (χ3v) is 2.02. The predicted molar refractivity (Wildman–Crippen MR) is 45.7 cm³/mol. The number of azide groups is 1. The molecule has 5 heteroatoms. The lowest BCUT2D eigenvalue weighted by atomic mass is 10.3. The van der Waals surface area contributed by atoms with Crippen LogP contribution in [-0.2, 0) is 0 Å². The number of aliphatic hydroxyl groups excluding tert-OH is 1. The van der Waals surface area contributed by atoms with Gasteiger partial charge in [0.1, 0.15) is 0 Å². The van der Waals surface area contributed by atoms with Crippen molar-refractivity contribution in [3.63, 3.8) is 0 Å². The first-order valence-electron chi connectivity index (χ1n) is 4.24. The first-order valence-corrected chi connectivity index (χ1v) is 4.24. The van der Waals surface area contributed by atoms with Crippen LogP contribution in [0.25, 0.3) is 10.4 Å². The first kappa shape index (κ1) is 9.32. The minimum absolute atomic E-state index is 0.188. The maximum atomic E-state index is 9.33. The Morgan fingerprint density at radius 3 is 2.75 bits per heavy atom. The van der Waals surface area contributed by atoms with Crippen LogP contribution in [0, 0.1) is 0 Å². The Morgan fingerprint density at radius 2 is 2.17 bits per heavy atom. The van der Waals surface area contributed by atoms with Gasteiger partial charge in [-0.3, -0.25) is 0 Å². The molecule has 5 nitrogen and oxygen atoms in total. The van der Waals surface area contributed by atoms with Crippen LogP contribution in [0.15, 0.2) is 5.11 Å². The highest BCUT2D eigenvalue weighted by atomic mass is 16.3. The number of hydrogen-bond acceptors (Lipinski definition) is 3. The van der Waals surface area contributed by atoms with Crippen molar-refractivity contribution in [2.75, 3.05) is 26.2 Å². The second kappa shape index (κ2) is 4.98. The lowest BCUT2D eigenvalue weighted by molar-refractivity contribution is 0.132. The summed E-state index contributed by atoms with van der Waals surface area (Å²) >= 11 is 0. The van der Waals surface area contributed by atoms with Crippen LogP contribution in [0.2, 0.25) is 0 Å². The summed E-state index contributed by atoms with van der Waals surface area (Å²) in [5, 5.41) is 12.7. The molecule has 0 unspecified atom stereocenters. The topological polar surface area (TPSA) is 72.2 Å². The Kier molecular flexibility index (Phi) is 3.87. The third kappa shape index (κ3) is 3.09. The quantitative estimate of drug-likeness (QED) is 0.384. The molecule has 1 atom stereocenters. The lowest BCUT2D eigenvalue weighted by Crippen LogP contribution is -2.31. The van der Waals surface area contributed by atoms with E-state index in [-0.39, 0.29) is 6.54 Å². The molecule has 0 spiro atoms. The molecule has 1 N–H and O–H groups in total. The Bertz CT molecular complexity index is 172. The van der Waals surface area contributed by atoms with Crippen molar-refractivity contribution >= 4 is 0 Å². The van der Waals surface area contributed by atoms with Crippen LogP contribution >= 0.6 is 0 Å². The molecule has 0 saturated carbocycles. The summed E-state index contributed by atoms with van der Waals surface area (Å²) in [4.78, 5) is 4.79. The molecule has 0 amide bonds. The highest BCUT2D eigenvalue weighted by Crippen LogP contribution is 2.07. The normalized spacial score (nSPS) is 20.4. The van der Waals surface area contributed by atoms with E-state index < -0.39 is 6.10 Å². The van der Waals surface area contributed by atoms with Crippen molar-refractivity contribution in [3.8, 4) is 0 Å². The monoisotopic (exact) mass is 170 g/mol. The smallest absolute Gasteiger partial charge is 0.0723 e. The molecular weight excluding hydrogens is 156 g/mol. The number of hydrogen-bond donors (Lipinski definition) is 1. The molecule has 0 bridgehead atoms. The van der Waals surface area contributed by atoms with Crippen molar-refractivity contribution in [1.82, 2.24) is 4.90 Å². The zero-order chi connectivity index (χ0) is 8.81. The summed E-state index contributed by atoms with van der Waals surface area (Å²) in [6.07, 6.45) is 1.93. The van der Waals surface area contributed by atoms with Crippen molar-refractivity contribution in [1.29, 1.82) is 0 Å². The van der Waals surface area contributed by atoms with Gasteiger partial charge in [0, 0.05) is 11.5 Å². The van der Waals surface area contributed by atoms with Gasteiger partial charge in [-0.1, -0.05) is 5.11 Å². The molecular formula is C7H14N4O. The van der Waals surface area contributed by atoms with Gasteiger partial charge in [0.15, 0.2) is 0 Å². The van der Waals surface area contributed by atoms with Gasteiger partial charge in [-0.15, -0.1) is 0 Å². The zero-order valence-corrected chi connectivity index (χ0v) is 7.06. The van der Waals surface area contributed by atoms with Gasteiger partial charge in [0.2, 0.25) is 0 Å². The SMILES string of the molecule is [N-]=[N+]=NC[C@H](O)CN1CCCC1. The van der Waals surface area contributed by atoms with Gasteiger partial charge < -0.3 is 10.0 Å². The number of likely N-dealkylation sites (tertiary alicyclic amines) is 1. The van der Waals surface area contributed by atoms with Crippen LogP contribution < -0.4 is 0 Å². The average Bonchev–Trinajstić information content (AvgIpc) is 2.53. The van der Waals surface area contributed by atoms with Crippen LogP contribution in [0.4, 0.5) is 0 Å². The zero-order valence-electron chi connectivity index (χ0n) is 7.06. The molecule has 0 aromatic carbocycles. The van der Waals surface area contributed by atoms with E-state index in [4.69, 9.17) is 5.53 Å². The summed E-state index contributed by atoms with van der Waals surface area (Å²) in [7, 11) is 0. The third-order valence-electron chi connectivity index (χ3n) is 2.02. The van der Waals surface area contributed by atoms with Gasteiger partial charge >= 0.3 is 0 Å². The van der Waals surface area contributed by atoms with Crippen molar-refractivity contribution in [3.05, 3.63) is 10.4 Å². The summed E-state index contributed by atoms with van der Waals surface area (Å²) in [5.74, 6) is 0. The second-order valence-corrected chi connectivity index (χ2v) is 3.07. The molecule has 68 valence electrons. The molecule has 12 heavy (non-hydrogen) atoms. The van der Waals surface area contributed by atoms with Gasteiger partial charge in [-0.05, 0) is 31.5 Å². The standard InChI is InChI=1S/C7H14N4O/c8-10-9-5-7(12)6-11-3-1-2-4-11/h7,12H,1-6H2/t7-/m0/s1. The van der Waals surface area contributed by atoms with Gasteiger partial charge in [-0.2, -0.15) is 0 Å². The molecule has 1 aliphatic heterocycles. The Balaban J connectivity index is 2.15. The van der Waals surface area contributed by atoms with E-state index in [1.165, 1.54) is 12.8 Å². The number of rotatable bonds is 4. The van der Waals surface area contributed by atoms with E-state index in [2.05, 4.69) is 14.9 Å². The predicted octanol–water partition coefficient (Wildman–Crippen LogP) is 0.753. The molecule has 0 aromatic heterocycles. The summed E-state index contributed by atoms with van der Waals surface area (Å²) < 4.78 is 0. The van der Waals surface area contributed by atoms with E-state index in [9.17, 15) is 5.11 Å². The summed E-state index contributed by atoms with van der Waals surface area (Å²) in [5.41, 5.74) is 8.01. The molecule has 0 radical (unpaired) electrons. The lowest BCUT2D eigenvalue weighted by Gasteiger charge is -2.17. The van der Waals surface area contributed by atoms with Gasteiger partial charge in [0.05, 0.1) is 12.6 Å². The number of β-amino-alcohol motifs (C(OH)–C–C–N with tert-alkyl or cyclic N) is 1. The van der Waals surface area contributed by atoms with E-state index in [1.54, 1.807) is 0 Å². The molecule has 1 heterocycles. The minimum atomic E-state index is -0.501. The van der Waals surface area contributed by atoms with Crippen LogP contribution in [-0.4, -0.2) is 42.3 Å².